The van der Waals surface area contributed by atoms with E-state index in [4.69, 9.17) is 14.2 Å². The number of nitrogens with one attached hydrogen (secondary N) is 1. The second-order valence-electron chi connectivity index (χ2n) is 22.3. The Kier molecular flexibility index (Phi) is 29.1. The van der Waals surface area contributed by atoms with Gasteiger partial charge < -0.3 is 38.5 Å². The molecule has 0 atom stereocenters. The Hall–Kier alpha value is -8.28. The second-order valence-corrected chi connectivity index (χ2v) is 33.6. The first-order valence-electron chi connectivity index (χ1n) is 28.7. The number of carbonyl (C=O) groups is 1. The number of esters is 1. The largest absolute Gasteiger partial charge is 0.504 e. The van der Waals surface area contributed by atoms with Crippen LogP contribution in [0.2, 0.25) is 51.4 Å². The molecule has 0 amide bonds. The lowest BCUT2D eigenvalue weighted by Gasteiger charge is -2.16. The summed E-state index contributed by atoms with van der Waals surface area (Å²) in [5.41, 5.74) is 9.24. The third-order valence-electron chi connectivity index (χ3n) is 12.8. The van der Waals surface area contributed by atoms with Crippen molar-refractivity contribution in [3.8, 4) is 0 Å². The molecular formula is C65H83ClN12O6Si2. The Balaban J connectivity index is 0.000000215. The highest BCUT2D eigenvalue weighted by Crippen LogP contribution is 2.17. The molecule has 21 heteroatoms. The average molecular weight is 1220 g/mol. The number of carbonyl (C=O) groups excluding carboxylic acids is 1. The topological polar surface area (TPSA) is 227 Å². The molecule has 0 aliphatic heterocycles. The number of aromatic nitrogens is 12. The van der Waals surface area contributed by atoms with Crippen LogP contribution < -0.4 is 0 Å². The summed E-state index contributed by atoms with van der Waals surface area (Å²) in [6.45, 7) is 20.1. The number of hydrogen-bond acceptors (Lipinski definition) is 15. The number of rotatable bonds is 25. The predicted molar refractivity (Wildman–Crippen MR) is 348 cm³/mol. The van der Waals surface area contributed by atoms with Crippen molar-refractivity contribution in [2.75, 3.05) is 19.8 Å². The Labute approximate surface area is 514 Å². The third-order valence-corrected chi connectivity index (χ3v) is 16.2. The molecule has 6 aromatic heterocycles. The molecule has 9 aromatic rings. The fraction of sp³-hybridized carbons (Fsp3) is 0.323. The maximum absolute atomic E-state index is 11.6. The molecule has 454 valence electrons. The summed E-state index contributed by atoms with van der Waals surface area (Å²) in [6.07, 6.45) is 23.4. The maximum atomic E-state index is 11.6. The van der Waals surface area contributed by atoms with E-state index in [0.29, 0.717) is 55.5 Å². The van der Waals surface area contributed by atoms with Crippen molar-refractivity contribution in [1.82, 2.24) is 59.0 Å². The minimum absolute atomic E-state index is 0. The van der Waals surface area contributed by atoms with E-state index in [1.807, 2.05) is 67.6 Å². The Morgan fingerprint density at radius 1 is 0.535 bits per heavy atom. The van der Waals surface area contributed by atoms with Crippen LogP contribution in [0.25, 0.3) is 23.7 Å². The van der Waals surface area contributed by atoms with Gasteiger partial charge in [0, 0.05) is 101 Å². The van der Waals surface area contributed by atoms with Crippen molar-refractivity contribution in [2.45, 2.75) is 117 Å². The van der Waals surface area contributed by atoms with Crippen molar-refractivity contribution in [1.29, 1.82) is 0 Å². The molecule has 0 unspecified atom stereocenters. The fourth-order valence-electron chi connectivity index (χ4n) is 8.01. The van der Waals surface area contributed by atoms with Crippen LogP contribution in [0, 0.1) is 6.92 Å². The summed E-state index contributed by atoms with van der Waals surface area (Å²) in [7, 11) is -2.19. The first-order chi connectivity index (χ1) is 41.0. The van der Waals surface area contributed by atoms with E-state index >= 15 is 0 Å². The SMILES string of the molecule is CCOC(=O)c1nccn1COCC[Si](C)(C)C.C[Si](C)(C)CCOCn1ccnc1/C(O)=C/c1cc(CCc2ccccc2)ncn1.Cc1cc(CCc2ccccc2)ncn1.Cl.O/C(=C\c1cc(CCc2ccccc2)ncn1)c1ncc[nH]1. The summed E-state index contributed by atoms with van der Waals surface area (Å²) in [6, 6.07) is 39.1. The molecule has 3 N–H and O–H groups in total. The van der Waals surface area contributed by atoms with Gasteiger partial charge in [-0.05, 0) is 99.4 Å². The molecule has 0 aliphatic carbocycles. The Morgan fingerprint density at radius 2 is 0.965 bits per heavy atom. The number of aryl methyl sites for hydroxylation is 7. The van der Waals surface area contributed by atoms with Crippen molar-refractivity contribution < 1.29 is 29.2 Å². The predicted octanol–water partition coefficient (Wildman–Crippen LogP) is 13.2. The minimum Gasteiger partial charge on any atom is -0.504 e. The van der Waals surface area contributed by atoms with Crippen molar-refractivity contribution in [2.24, 2.45) is 0 Å². The second kappa shape index (κ2) is 36.5. The van der Waals surface area contributed by atoms with E-state index in [1.165, 1.54) is 29.3 Å². The van der Waals surface area contributed by atoms with Gasteiger partial charge in [-0.15, -0.1) is 12.4 Å². The van der Waals surface area contributed by atoms with Crippen LogP contribution in [-0.4, -0.2) is 111 Å². The van der Waals surface area contributed by atoms with E-state index in [9.17, 15) is 15.0 Å². The van der Waals surface area contributed by atoms with Gasteiger partial charge in [0.1, 0.15) is 32.4 Å². The summed E-state index contributed by atoms with van der Waals surface area (Å²) in [4.78, 5) is 52.0. The molecule has 3 aromatic carbocycles. The number of nitrogens with zero attached hydrogens (tertiary/aromatic N) is 11. The molecule has 0 saturated carbocycles. The molecule has 9 rings (SSSR count). The quantitative estimate of drug-likeness (QED) is 0.0209. The molecule has 0 saturated heterocycles. The molecule has 0 radical (unpaired) electrons. The molecule has 18 nitrogen and oxygen atoms in total. The summed E-state index contributed by atoms with van der Waals surface area (Å²) >= 11 is 0. The lowest BCUT2D eigenvalue weighted by atomic mass is 10.1. The fourth-order valence-corrected chi connectivity index (χ4v) is 9.52. The number of benzene rings is 3. The first-order valence-corrected chi connectivity index (χ1v) is 36.1. The Morgan fingerprint density at radius 3 is 1.40 bits per heavy atom. The lowest BCUT2D eigenvalue weighted by molar-refractivity contribution is 0.0463. The Bertz CT molecular complexity index is 3410. The average Bonchev–Trinajstić information content (AvgIpc) is 4.52. The van der Waals surface area contributed by atoms with Crippen molar-refractivity contribution in [3.05, 3.63) is 234 Å². The standard InChI is InChI=1S/C23H30N4O2Si.C17H16N4O.C13H14N2.C12H22N2O3Si.ClH/c1-30(2,3)14-13-29-18-27-12-11-24-23(27)22(28)16-21-15-20(25-17-26-21)10-9-19-7-5-4-6-8-19;22-16(17-18-8-9-19-17)11-15-10-14(20-12-21-15)7-6-13-4-2-1-3-5-13;1-11-9-13(15-10-14-11)8-7-12-5-3-2-4-6-12;1-5-17-12(15)11-13-6-7-14(11)10-16-8-9-18(2,3)4;/h4-8,11-12,15-17,28H,9-10,13-14,18H2,1-3H3;1-5,8-12,22H,6-7H2,(H,18,19);2-6,9-10H,7-8H2,1H3;6-7H,5,8-10H2,1-4H3;1H/b22-16-;16-11-;;;. The molecule has 6 heterocycles. The number of aromatic amines is 1. The van der Waals surface area contributed by atoms with Crippen LogP contribution >= 0.6 is 12.4 Å². The van der Waals surface area contributed by atoms with Gasteiger partial charge in [0.25, 0.3) is 0 Å². The van der Waals surface area contributed by atoms with E-state index in [0.717, 1.165) is 80.0 Å². The van der Waals surface area contributed by atoms with Crippen molar-refractivity contribution >= 4 is 58.2 Å². The lowest BCUT2D eigenvalue weighted by Crippen LogP contribution is -2.22. The molecule has 0 aliphatic rings. The molecule has 0 bridgehead atoms. The van der Waals surface area contributed by atoms with Crippen LogP contribution in [-0.2, 0) is 66.2 Å². The summed E-state index contributed by atoms with van der Waals surface area (Å²) in [5, 5.41) is 20.6. The highest BCUT2D eigenvalue weighted by molar-refractivity contribution is 6.76. The number of aliphatic hydroxyl groups excluding tert-OH is 2. The normalized spacial score (nSPS) is 11.4. The van der Waals surface area contributed by atoms with Gasteiger partial charge in [-0.2, -0.15) is 0 Å². The summed E-state index contributed by atoms with van der Waals surface area (Å²) in [5.74, 6) is 0.886. The van der Waals surface area contributed by atoms with E-state index in [-0.39, 0.29) is 23.9 Å². The van der Waals surface area contributed by atoms with Crippen LogP contribution in [0.3, 0.4) is 0 Å². The van der Waals surface area contributed by atoms with Gasteiger partial charge in [-0.3, -0.25) is 0 Å². The van der Waals surface area contributed by atoms with Gasteiger partial charge in [0.2, 0.25) is 5.82 Å². The number of imidazole rings is 3. The van der Waals surface area contributed by atoms with Gasteiger partial charge in [0.15, 0.2) is 23.2 Å². The number of aliphatic hydroxyl groups is 2. The monoisotopic (exact) mass is 1220 g/mol. The molecule has 0 fully saturated rings. The van der Waals surface area contributed by atoms with Gasteiger partial charge in [-0.1, -0.05) is 130 Å². The smallest absolute Gasteiger partial charge is 0.374 e. The first kappa shape index (κ1) is 68.5. The zero-order valence-electron chi connectivity index (χ0n) is 50.8. The highest BCUT2D eigenvalue weighted by Gasteiger charge is 2.16. The van der Waals surface area contributed by atoms with E-state index in [1.54, 1.807) is 71.7 Å². The van der Waals surface area contributed by atoms with E-state index in [2.05, 4.69) is 138 Å². The summed E-state index contributed by atoms with van der Waals surface area (Å²) < 4.78 is 19.7. The minimum atomic E-state index is -1.12. The van der Waals surface area contributed by atoms with Gasteiger partial charge >= 0.3 is 5.97 Å². The maximum Gasteiger partial charge on any atom is 0.374 e. The molecule has 0 spiro atoms. The number of H-pyrrole nitrogens is 1. The van der Waals surface area contributed by atoms with E-state index < -0.39 is 22.1 Å². The molecular weight excluding hydrogens is 1140 g/mol. The van der Waals surface area contributed by atoms with Crippen molar-refractivity contribution in [3.63, 3.8) is 0 Å². The van der Waals surface area contributed by atoms with Gasteiger partial charge in [-0.25, -0.2) is 49.7 Å². The van der Waals surface area contributed by atoms with Crippen LogP contribution in [0.1, 0.15) is 80.0 Å². The number of ether oxygens (including phenoxy) is 3. The van der Waals surface area contributed by atoms with Gasteiger partial charge in [0.05, 0.1) is 18.0 Å². The van der Waals surface area contributed by atoms with Crippen LogP contribution in [0.15, 0.2) is 165 Å². The molecule has 86 heavy (non-hydrogen) atoms. The number of hydrogen-bond donors (Lipinski definition) is 3. The van der Waals surface area contributed by atoms with Crippen LogP contribution in [0.4, 0.5) is 0 Å². The number of halogens is 1. The third kappa shape index (κ3) is 26.3. The van der Waals surface area contributed by atoms with Crippen LogP contribution in [0.5, 0.6) is 0 Å². The zero-order chi connectivity index (χ0) is 60.7. The zero-order valence-corrected chi connectivity index (χ0v) is 53.6. The highest BCUT2D eigenvalue weighted by atomic mass is 35.5.